The zero-order chi connectivity index (χ0) is 22.9. The molecule has 4 nitrogen and oxygen atoms in total. The number of carbonyl (C=O) groups excluding carboxylic acids is 1. The van der Waals surface area contributed by atoms with Gasteiger partial charge in [-0.05, 0) is 123 Å². The monoisotopic (exact) mass is 446 g/mol. The molecule has 5 aliphatic carbocycles. The third-order valence-corrected chi connectivity index (χ3v) is 12.5. The lowest BCUT2D eigenvalue weighted by Gasteiger charge is -2.59. The number of rotatable bonds is 2. The van der Waals surface area contributed by atoms with Crippen molar-refractivity contribution < 1.29 is 21.2 Å². The highest BCUT2D eigenvalue weighted by Crippen LogP contribution is 2.87. The number of aliphatic hydroxyl groups is 2. The van der Waals surface area contributed by atoms with E-state index in [0.29, 0.717) is 34.0 Å². The summed E-state index contributed by atoms with van der Waals surface area (Å²) in [7, 11) is 0. The minimum absolute atomic E-state index is 0. The normalized spacial score (nSPS) is 55.7. The van der Waals surface area contributed by atoms with Gasteiger partial charge >= 0.3 is 0 Å². The van der Waals surface area contributed by atoms with Gasteiger partial charge in [-0.1, -0.05) is 20.8 Å². The molecule has 1 saturated heterocycles. The van der Waals surface area contributed by atoms with Crippen molar-refractivity contribution in [2.45, 2.75) is 123 Å². The van der Waals surface area contributed by atoms with Gasteiger partial charge in [0.25, 0.3) is 0 Å². The van der Waals surface area contributed by atoms with E-state index in [0.717, 1.165) is 31.6 Å². The maximum absolute atomic E-state index is 12.7. The topological polar surface area (TPSA) is 66.8 Å². The number of Topliss-reactive ketones (excluding diaryl/α,β-unsaturated/α-hetero) is 1. The highest BCUT2D eigenvalue weighted by molar-refractivity contribution is 5.90. The molecule has 2 N–H and O–H groups in total. The fraction of sp³-hybridized carbons (Fsp3) is 0.964. The Morgan fingerprint density at radius 3 is 2.38 bits per heavy atom. The maximum Gasteiger partial charge on any atom is 0.192 e. The lowest BCUT2D eigenvalue weighted by atomic mass is 9.46. The summed E-state index contributed by atoms with van der Waals surface area (Å²) in [5.74, 6) is 2.59. The van der Waals surface area contributed by atoms with Crippen LogP contribution in [-0.2, 0) is 9.53 Å². The molecule has 32 heavy (non-hydrogen) atoms. The summed E-state index contributed by atoms with van der Waals surface area (Å²) in [6.07, 6.45) is 11.4. The van der Waals surface area contributed by atoms with Crippen LogP contribution in [0.4, 0.5) is 0 Å². The first-order chi connectivity index (χ1) is 14.9. The molecule has 10 atom stereocenters. The van der Waals surface area contributed by atoms with E-state index in [2.05, 4.69) is 20.8 Å². The molecular formula is C28H46O4. The molecule has 0 amide bonds. The average molecular weight is 447 g/mol. The highest BCUT2D eigenvalue weighted by Gasteiger charge is 2.80. The Balaban J connectivity index is 0.00000228. The Labute approximate surface area is 195 Å². The van der Waals surface area contributed by atoms with Gasteiger partial charge in [0.05, 0.1) is 12.2 Å². The van der Waals surface area contributed by atoms with Gasteiger partial charge in [0.1, 0.15) is 11.7 Å². The Morgan fingerprint density at radius 2 is 1.66 bits per heavy atom. The number of hydrogen-bond donors (Lipinski definition) is 2. The minimum atomic E-state index is -1.31. The fourth-order valence-electron chi connectivity index (χ4n) is 10.8. The van der Waals surface area contributed by atoms with Gasteiger partial charge in [-0.3, -0.25) is 4.79 Å². The molecule has 4 heteroatoms. The predicted molar refractivity (Wildman–Crippen MR) is 125 cm³/mol. The third kappa shape index (κ3) is 2.53. The molecule has 1 heterocycles. The second kappa shape index (κ2) is 6.40. The lowest BCUT2D eigenvalue weighted by Crippen LogP contribution is -2.54. The van der Waals surface area contributed by atoms with Crippen LogP contribution in [0.2, 0.25) is 0 Å². The smallest absolute Gasteiger partial charge is 0.192 e. The van der Waals surface area contributed by atoms with Crippen LogP contribution in [0.3, 0.4) is 0 Å². The van der Waals surface area contributed by atoms with E-state index < -0.39 is 11.7 Å². The molecule has 8 unspecified atom stereocenters. The van der Waals surface area contributed by atoms with Crippen LogP contribution in [0.5, 0.6) is 0 Å². The number of ketones is 1. The molecule has 0 aromatic heterocycles. The van der Waals surface area contributed by atoms with Crippen molar-refractivity contribution in [2.75, 3.05) is 0 Å². The molecule has 182 valence electrons. The van der Waals surface area contributed by atoms with Crippen LogP contribution in [0, 0.1) is 45.3 Å². The zero-order valence-corrected chi connectivity index (χ0v) is 20.8. The second-order valence-electron chi connectivity index (χ2n) is 14.2. The van der Waals surface area contributed by atoms with Gasteiger partial charge < -0.3 is 14.9 Å². The first-order valence-electron chi connectivity index (χ1n) is 13.5. The molecular weight excluding hydrogens is 400 g/mol. The number of carbonyl (C=O) groups is 1. The summed E-state index contributed by atoms with van der Waals surface area (Å²) in [6, 6.07) is 0. The quantitative estimate of drug-likeness (QED) is 0.616. The molecule has 0 bridgehead atoms. The summed E-state index contributed by atoms with van der Waals surface area (Å²) < 4.78 is 6.49. The van der Waals surface area contributed by atoms with Gasteiger partial charge in [0, 0.05) is 1.43 Å². The van der Waals surface area contributed by atoms with E-state index >= 15 is 0 Å². The molecule has 2 spiro atoms. The van der Waals surface area contributed by atoms with E-state index in [9.17, 15) is 15.0 Å². The van der Waals surface area contributed by atoms with Gasteiger partial charge in [0.2, 0.25) is 0 Å². The Morgan fingerprint density at radius 1 is 0.938 bits per heavy atom. The highest BCUT2D eigenvalue weighted by atomic mass is 16.5. The Bertz CT molecular complexity index is 834. The molecule has 0 aromatic carbocycles. The van der Waals surface area contributed by atoms with E-state index in [-0.39, 0.29) is 24.8 Å². The summed E-state index contributed by atoms with van der Waals surface area (Å²) in [5.41, 5.74) is 0.0594. The molecule has 6 aliphatic rings. The Hall–Kier alpha value is -0.450. The van der Waals surface area contributed by atoms with Crippen molar-refractivity contribution in [1.29, 1.82) is 0 Å². The standard InChI is InChI=1S/C28H44O4.H2/c1-24(2)21-9-7-16-18-14-20-17(6-8-19(32-20)23(30)25(3,4)31)26(18,5)12-13-27(16)15-28(21,27)11-10-22(24)29;/h16-22,29,31H,6-15H2,1-5H3;1H/t16?,17?,18?,19?,20?,21?,22-,26?,27?,28+;/m0./s1. The lowest BCUT2D eigenvalue weighted by molar-refractivity contribution is -0.161. The SMILES string of the molecule is CC(C)(O)C(=O)C1CCC2C(CC3C4CCC5C(C)(C)[C@@H](O)CC[C@@]56CC46CCC23C)O1.[HH]. The Kier molecular flexibility index (Phi) is 4.41. The predicted octanol–water partition coefficient (Wildman–Crippen LogP) is 5.14. The van der Waals surface area contributed by atoms with E-state index in [4.69, 9.17) is 4.74 Å². The summed E-state index contributed by atoms with van der Waals surface area (Å²) in [4.78, 5) is 12.7. The van der Waals surface area contributed by atoms with Crippen LogP contribution in [0.25, 0.3) is 0 Å². The average Bonchev–Trinajstić information content (AvgIpc) is 3.30. The summed E-state index contributed by atoms with van der Waals surface area (Å²) in [5, 5.41) is 21.1. The van der Waals surface area contributed by atoms with Crippen molar-refractivity contribution in [3.8, 4) is 0 Å². The second-order valence-corrected chi connectivity index (χ2v) is 14.2. The molecule has 0 radical (unpaired) electrons. The van der Waals surface area contributed by atoms with Crippen LogP contribution in [-0.4, -0.2) is 39.9 Å². The number of fused-ring (bicyclic) bond motifs is 4. The van der Waals surface area contributed by atoms with Crippen molar-refractivity contribution in [3.63, 3.8) is 0 Å². The zero-order valence-electron chi connectivity index (χ0n) is 20.8. The van der Waals surface area contributed by atoms with Crippen molar-refractivity contribution >= 4 is 5.78 Å². The molecule has 6 fully saturated rings. The molecule has 5 saturated carbocycles. The van der Waals surface area contributed by atoms with Gasteiger partial charge in [-0.2, -0.15) is 0 Å². The van der Waals surface area contributed by atoms with Crippen LogP contribution < -0.4 is 0 Å². The van der Waals surface area contributed by atoms with Crippen LogP contribution in [0.15, 0.2) is 0 Å². The van der Waals surface area contributed by atoms with Gasteiger partial charge in [-0.15, -0.1) is 0 Å². The van der Waals surface area contributed by atoms with Crippen molar-refractivity contribution in [3.05, 3.63) is 0 Å². The van der Waals surface area contributed by atoms with Crippen LogP contribution in [0.1, 0.15) is 100 Å². The minimum Gasteiger partial charge on any atom is -0.393 e. The molecule has 6 rings (SSSR count). The van der Waals surface area contributed by atoms with Crippen LogP contribution >= 0.6 is 0 Å². The van der Waals surface area contributed by atoms with Crippen molar-refractivity contribution in [1.82, 2.24) is 0 Å². The largest absolute Gasteiger partial charge is 0.393 e. The summed E-state index contributed by atoms with van der Waals surface area (Å²) >= 11 is 0. The molecule has 1 aliphatic heterocycles. The molecule has 0 aromatic rings. The maximum atomic E-state index is 12.7. The van der Waals surface area contributed by atoms with Gasteiger partial charge in [0.15, 0.2) is 5.78 Å². The third-order valence-electron chi connectivity index (χ3n) is 12.5. The van der Waals surface area contributed by atoms with E-state index in [1.807, 2.05) is 0 Å². The van der Waals surface area contributed by atoms with Crippen molar-refractivity contribution in [2.24, 2.45) is 45.3 Å². The first-order valence-corrected chi connectivity index (χ1v) is 13.5. The van der Waals surface area contributed by atoms with E-state index in [1.54, 1.807) is 13.8 Å². The number of hydrogen-bond acceptors (Lipinski definition) is 4. The summed E-state index contributed by atoms with van der Waals surface area (Å²) in [6.45, 7) is 10.4. The first kappa shape index (κ1) is 22.0. The number of aliphatic hydroxyl groups excluding tert-OH is 1. The fourth-order valence-corrected chi connectivity index (χ4v) is 10.8. The number of ether oxygens (including phenoxy) is 1. The van der Waals surface area contributed by atoms with Gasteiger partial charge in [-0.25, -0.2) is 0 Å². The van der Waals surface area contributed by atoms with E-state index in [1.165, 1.54) is 38.5 Å².